The first-order valence-electron chi connectivity index (χ1n) is 9.46. The summed E-state index contributed by atoms with van der Waals surface area (Å²) in [7, 11) is 0. The summed E-state index contributed by atoms with van der Waals surface area (Å²) in [5.41, 5.74) is 1.78. The average Bonchev–Trinajstić information content (AvgIpc) is 3.26. The first kappa shape index (κ1) is 21.1. The quantitative estimate of drug-likeness (QED) is 0.545. The molecule has 4 nitrogen and oxygen atoms in total. The molecule has 0 bridgehead atoms. The number of aliphatic hydroxyl groups is 1. The summed E-state index contributed by atoms with van der Waals surface area (Å²) in [6.07, 6.45) is -2.74. The molecule has 2 heterocycles. The van der Waals surface area contributed by atoms with E-state index < -0.39 is 11.7 Å². The molecule has 0 unspecified atom stereocenters. The zero-order valence-electron chi connectivity index (χ0n) is 16.1. The number of carbonyl (C=O) groups is 1. The highest BCUT2D eigenvalue weighted by atomic mass is 32.1. The summed E-state index contributed by atoms with van der Waals surface area (Å²) in [6, 6.07) is 5.23. The predicted octanol–water partition coefficient (Wildman–Crippen LogP) is 5.39. The van der Waals surface area contributed by atoms with Crippen LogP contribution in [0.15, 0.2) is 29.6 Å². The van der Waals surface area contributed by atoms with Crippen molar-refractivity contribution in [1.82, 2.24) is 9.97 Å². The Hall–Kier alpha value is -2.10. The number of Topliss-reactive ketones (excluding diaryl/α,β-unsaturated/α-hetero) is 1. The van der Waals surface area contributed by atoms with E-state index in [0.29, 0.717) is 17.8 Å². The minimum absolute atomic E-state index is 0.0734. The van der Waals surface area contributed by atoms with Crippen LogP contribution in [0, 0.1) is 12.8 Å². The third-order valence-electron chi connectivity index (χ3n) is 5.39. The van der Waals surface area contributed by atoms with Crippen LogP contribution >= 0.6 is 22.7 Å². The number of nitrogens with zero attached hydrogens (tertiary/aromatic N) is 2. The molecule has 0 atom stereocenters. The lowest BCUT2D eigenvalue weighted by Crippen LogP contribution is -2.30. The van der Waals surface area contributed by atoms with E-state index in [9.17, 15) is 23.1 Å². The smallest absolute Gasteiger partial charge is 0.389 e. The summed E-state index contributed by atoms with van der Waals surface area (Å²) < 4.78 is 38.0. The van der Waals surface area contributed by atoms with Crippen LogP contribution in [0.1, 0.15) is 45.6 Å². The highest BCUT2D eigenvalue weighted by Gasteiger charge is 2.36. The van der Waals surface area contributed by atoms with Gasteiger partial charge in [0.25, 0.3) is 0 Å². The van der Waals surface area contributed by atoms with Gasteiger partial charge in [0.1, 0.15) is 15.8 Å². The van der Waals surface area contributed by atoms with Gasteiger partial charge < -0.3 is 5.11 Å². The molecule has 1 fully saturated rings. The number of benzene rings is 1. The Labute approximate surface area is 179 Å². The van der Waals surface area contributed by atoms with Crippen molar-refractivity contribution in [2.75, 3.05) is 0 Å². The molecule has 158 valence electrons. The lowest BCUT2D eigenvalue weighted by atomic mass is 9.69. The fourth-order valence-corrected chi connectivity index (χ4v) is 5.40. The maximum Gasteiger partial charge on any atom is 0.416 e. The van der Waals surface area contributed by atoms with Crippen molar-refractivity contribution >= 4 is 28.5 Å². The number of rotatable bonds is 6. The Bertz CT molecular complexity index is 1050. The Morgan fingerprint density at radius 3 is 2.47 bits per heavy atom. The molecule has 4 rings (SSSR count). The first-order valence-corrected chi connectivity index (χ1v) is 11.2. The number of alkyl halides is 3. The van der Waals surface area contributed by atoms with Crippen LogP contribution in [-0.4, -0.2) is 20.9 Å². The number of thiazole rings is 2. The molecule has 0 spiro atoms. The summed E-state index contributed by atoms with van der Waals surface area (Å²) in [5.74, 6) is 0.178. The highest BCUT2D eigenvalue weighted by molar-refractivity contribution is 7.16. The van der Waals surface area contributed by atoms with Gasteiger partial charge in [0.15, 0.2) is 0 Å². The van der Waals surface area contributed by atoms with Gasteiger partial charge in [-0.3, -0.25) is 4.79 Å². The van der Waals surface area contributed by atoms with Crippen LogP contribution in [0.25, 0.3) is 10.6 Å². The van der Waals surface area contributed by atoms with Crippen LogP contribution in [0.3, 0.4) is 0 Å². The van der Waals surface area contributed by atoms with E-state index in [2.05, 4.69) is 9.97 Å². The van der Waals surface area contributed by atoms with Gasteiger partial charge >= 0.3 is 6.18 Å². The van der Waals surface area contributed by atoms with Gasteiger partial charge in [-0.25, -0.2) is 9.97 Å². The molecule has 1 aliphatic rings. The molecule has 0 saturated heterocycles. The summed E-state index contributed by atoms with van der Waals surface area (Å²) >= 11 is 2.82. The van der Waals surface area contributed by atoms with Crippen molar-refractivity contribution < 1.29 is 23.1 Å². The SMILES string of the molecule is Cc1nc(CO)sc1-c1csc(CC(=O)C2CC(c3ccc(C(F)(F)F)cc3)C2)n1. The number of halogens is 3. The molecule has 1 aromatic carbocycles. The van der Waals surface area contributed by atoms with Crippen molar-refractivity contribution in [3.8, 4) is 10.6 Å². The number of ketones is 1. The molecule has 9 heteroatoms. The van der Waals surface area contributed by atoms with Crippen molar-refractivity contribution in [3.05, 3.63) is 56.5 Å². The monoisotopic (exact) mass is 452 g/mol. The minimum atomic E-state index is -4.33. The molecule has 2 aromatic heterocycles. The summed E-state index contributed by atoms with van der Waals surface area (Å²) in [6.45, 7) is 1.76. The van der Waals surface area contributed by atoms with Crippen molar-refractivity contribution in [1.29, 1.82) is 0 Å². The van der Waals surface area contributed by atoms with Gasteiger partial charge in [-0.15, -0.1) is 22.7 Å². The van der Waals surface area contributed by atoms with E-state index in [1.165, 1.54) is 34.8 Å². The molecular weight excluding hydrogens is 433 g/mol. The normalized spacial score (nSPS) is 19.0. The van der Waals surface area contributed by atoms with Crippen LogP contribution in [0.4, 0.5) is 13.2 Å². The molecule has 30 heavy (non-hydrogen) atoms. The second kappa shape index (κ2) is 8.20. The van der Waals surface area contributed by atoms with E-state index in [0.717, 1.165) is 39.0 Å². The van der Waals surface area contributed by atoms with Gasteiger partial charge in [0.05, 0.1) is 34.9 Å². The fourth-order valence-electron chi connectivity index (χ4n) is 3.64. The highest BCUT2D eigenvalue weighted by Crippen LogP contribution is 2.43. The molecule has 1 N–H and O–H groups in total. The minimum Gasteiger partial charge on any atom is -0.389 e. The van der Waals surface area contributed by atoms with Gasteiger partial charge in [-0.1, -0.05) is 12.1 Å². The van der Waals surface area contributed by atoms with E-state index in [-0.39, 0.29) is 30.6 Å². The second-order valence-electron chi connectivity index (χ2n) is 7.43. The zero-order valence-corrected chi connectivity index (χ0v) is 17.7. The number of aryl methyl sites for hydroxylation is 1. The van der Waals surface area contributed by atoms with Crippen molar-refractivity contribution in [3.63, 3.8) is 0 Å². The molecule has 3 aromatic rings. The first-order chi connectivity index (χ1) is 14.2. The van der Waals surface area contributed by atoms with E-state index in [1.807, 2.05) is 12.3 Å². The lowest BCUT2D eigenvalue weighted by molar-refractivity contribution is -0.137. The third-order valence-corrected chi connectivity index (χ3v) is 7.40. The predicted molar refractivity (Wildman–Crippen MR) is 110 cm³/mol. The molecule has 0 radical (unpaired) electrons. The number of hydrogen-bond acceptors (Lipinski definition) is 6. The van der Waals surface area contributed by atoms with E-state index >= 15 is 0 Å². The standard InChI is InChI=1S/C21H19F3N2O2S2/c1-11-20(30-19(9-27)25-11)16-10-29-18(26-16)8-17(28)14-6-13(7-14)12-2-4-15(5-3-12)21(22,23)24/h2-5,10,13-14,27H,6-9H2,1H3. The van der Waals surface area contributed by atoms with Gasteiger partial charge in [-0.05, 0) is 43.4 Å². The van der Waals surface area contributed by atoms with Crippen molar-refractivity contribution in [2.24, 2.45) is 5.92 Å². The third kappa shape index (κ3) is 4.33. The number of aromatic nitrogens is 2. The van der Waals surface area contributed by atoms with E-state index in [1.54, 1.807) is 0 Å². The average molecular weight is 453 g/mol. The van der Waals surface area contributed by atoms with Gasteiger partial charge in [0.2, 0.25) is 0 Å². The van der Waals surface area contributed by atoms with Crippen LogP contribution in [0.5, 0.6) is 0 Å². The van der Waals surface area contributed by atoms with Gasteiger partial charge in [-0.2, -0.15) is 13.2 Å². The maximum absolute atomic E-state index is 12.7. The number of aliphatic hydroxyl groups excluding tert-OH is 1. The maximum atomic E-state index is 12.7. The topological polar surface area (TPSA) is 63.1 Å². The largest absolute Gasteiger partial charge is 0.416 e. The Kier molecular flexibility index (Phi) is 5.78. The Balaban J connectivity index is 1.34. The van der Waals surface area contributed by atoms with E-state index in [4.69, 9.17) is 0 Å². The summed E-state index contributed by atoms with van der Waals surface area (Å²) in [5, 5.41) is 12.5. The number of hydrogen-bond donors (Lipinski definition) is 1. The number of carbonyl (C=O) groups excluding carboxylic acids is 1. The molecule has 1 saturated carbocycles. The zero-order chi connectivity index (χ0) is 21.5. The van der Waals surface area contributed by atoms with Crippen LogP contribution in [-0.2, 0) is 24.0 Å². The fraction of sp³-hybridized carbons (Fsp3) is 0.381. The van der Waals surface area contributed by atoms with Gasteiger partial charge in [0, 0.05) is 11.3 Å². The second-order valence-corrected chi connectivity index (χ2v) is 9.46. The van der Waals surface area contributed by atoms with Crippen LogP contribution < -0.4 is 0 Å². The van der Waals surface area contributed by atoms with Crippen molar-refractivity contribution in [2.45, 2.75) is 44.9 Å². The Morgan fingerprint density at radius 1 is 1.17 bits per heavy atom. The lowest BCUT2D eigenvalue weighted by Gasteiger charge is -2.34. The Morgan fingerprint density at radius 2 is 1.87 bits per heavy atom. The molecule has 1 aliphatic carbocycles. The molecule has 0 aliphatic heterocycles. The summed E-state index contributed by atoms with van der Waals surface area (Å²) in [4.78, 5) is 22.3. The molecule has 0 amide bonds. The molecular formula is C21H19F3N2O2S2. The van der Waals surface area contributed by atoms with Crippen LogP contribution in [0.2, 0.25) is 0 Å².